The molecule has 23 heavy (non-hydrogen) atoms. The van der Waals surface area contributed by atoms with E-state index in [0.717, 1.165) is 38.8 Å². The summed E-state index contributed by atoms with van der Waals surface area (Å²) in [5.41, 5.74) is 3.36. The second kappa shape index (κ2) is 7.35. The molecule has 1 aromatic heterocycles. The number of aromatic nitrogens is 1. The first-order valence-corrected chi connectivity index (χ1v) is 8.93. The summed E-state index contributed by atoms with van der Waals surface area (Å²) in [6.07, 6.45) is 0. The molecule has 3 aromatic rings. The summed E-state index contributed by atoms with van der Waals surface area (Å²) in [6.45, 7) is 1.03. The van der Waals surface area contributed by atoms with Crippen molar-refractivity contribution in [1.82, 2.24) is 9.88 Å². The van der Waals surface area contributed by atoms with Gasteiger partial charge in [0.05, 0.1) is 5.52 Å². The van der Waals surface area contributed by atoms with Crippen LogP contribution in [0.2, 0.25) is 5.02 Å². The Hall–Kier alpha value is -1.55. The van der Waals surface area contributed by atoms with Gasteiger partial charge in [-0.2, -0.15) is 0 Å². The number of fused-ring (bicyclic) bond motifs is 1. The predicted octanol–water partition coefficient (Wildman–Crippen LogP) is 5.21. The average Bonchev–Trinajstić information content (AvgIpc) is 2.55. The number of hydrogen-bond donors (Lipinski definition) is 0. The van der Waals surface area contributed by atoms with Crippen molar-refractivity contribution < 1.29 is 0 Å². The Morgan fingerprint density at radius 2 is 1.78 bits per heavy atom. The number of halogens is 1. The third-order valence-corrected chi connectivity index (χ3v) is 4.84. The number of rotatable bonds is 5. The molecule has 2 aromatic carbocycles. The molecule has 0 amide bonds. The minimum atomic E-state index is 0.754. The van der Waals surface area contributed by atoms with Gasteiger partial charge in [0.1, 0.15) is 5.03 Å². The molecule has 0 unspecified atom stereocenters. The number of hydrogen-bond acceptors (Lipinski definition) is 3. The highest BCUT2D eigenvalue weighted by molar-refractivity contribution is 7.99. The fourth-order valence-corrected chi connectivity index (χ4v) is 3.64. The van der Waals surface area contributed by atoms with E-state index in [4.69, 9.17) is 16.6 Å². The zero-order chi connectivity index (χ0) is 16.2. The normalized spacial score (nSPS) is 11.3. The largest absolute Gasteiger partial charge is 0.309 e. The van der Waals surface area contributed by atoms with E-state index >= 15 is 0 Å². The SMILES string of the molecule is CN(C)CCSc1nc2ccccc2cc1-c1ccc(Cl)cc1. The number of benzene rings is 2. The lowest BCUT2D eigenvalue weighted by Gasteiger charge is -2.13. The van der Waals surface area contributed by atoms with Crippen molar-refractivity contribution in [1.29, 1.82) is 0 Å². The Morgan fingerprint density at radius 1 is 1.04 bits per heavy atom. The summed E-state index contributed by atoms with van der Waals surface area (Å²) in [6, 6.07) is 18.5. The molecule has 0 saturated carbocycles. The fraction of sp³-hybridized carbons (Fsp3) is 0.211. The molecule has 0 saturated heterocycles. The lowest BCUT2D eigenvalue weighted by molar-refractivity contribution is 0.437. The van der Waals surface area contributed by atoms with Gasteiger partial charge in [0.25, 0.3) is 0 Å². The van der Waals surface area contributed by atoms with Crippen LogP contribution in [-0.2, 0) is 0 Å². The van der Waals surface area contributed by atoms with E-state index in [2.05, 4.69) is 55.4 Å². The van der Waals surface area contributed by atoms with Crippen molar-refractivity contribution >= 4 is 34.3 Å². The molecule has 1 heterocycles. The molecule has 0 fully saturated rings. The predicted molar refractivity (Wildman–Crippen MR) is 101 cm³/mol. The molecule has 0 bridgehead atoms. The maximum absolute atomic E-state index is 6.03. The highest BCUT2D eigenvalue weighted by Gasteiger charge is 2.10. The van der Waals surface area contributed by atoms with Gasteiger partial charge in [0, 0.05) is 28.3 Å². The zero-order valence-corrected chi connectivity index (χ0v) is 14.9. The molecule has 0 atom stereocenters. The summed E-state index contributed by atoms with van der Waals surface area (Å²) in [5.74, 6) is 1.01. The Balaban J connectivity index is 2.03. The van der Waals surface area contributed by atoms with Gasteiger partial charge in [-0.25, -0.2) is 4.98 Å². The van der Waals surface area contributed by atoms with E-state index in [1.165, 1.54) is 5.56 Å². The van der Waals surface area contributed by atoms with Gasteiger partial charge in [0.2, 0.25) is 0 Å². The van der Waals surface area contributed by atoms with E-state index < -0.39 is 0 Å². The molecular formula is C19H19ClN2S. The van der Waals surface area contributed by atoms with Crippen molar-refractivity contribution in [2.45, 2.75) is 5.03 Å². The Labute approximate surface area is 146 Å². The van der Waals surface area contributed by atoms with Gasteiger partial charge in [-0.15, -0.1) is 11.8 Å². The summed E-state index contributed by atoms with van der Waals surface area (Å²) < 4.78 is 0. The van der Waals surface area contributed by atoms with Gasteiger partial charge in [-0.1, -0.05) is 41.9 Å². The van der Waals surface area contributed by atoms with Crippen molar-refractivity contribution in [3.05, 3.63) is 59.6 Å². The molecule has 2 nitrogen and oxygen atoms in total. The van der Waals surface area contributed by atoms with E-state index in [0.29, 0.717) is 0 Å². The van der Waals surface area contributed by atoms with E-state index in [1.54, 1.807) is 11.8 Å². The van der Waals surface area contributed by atoms with E-state index in [-0.39, 0.29) is 0 Å². The molecule has 0 aliphatic carbocycles. The van der Waals surface area contributed by atoms with Crippen molar-refractivity contribution in [3.8, 4) is 11.1 Å². The first-order chi connectivity index (χ1) is 11.1. The first kappa shape index (κ1) is 16.3. The average molecular weight is 343 g/mol. The smallest absolute Gasteiger partial charge is 0.105 e. The second-order valence-electron chi connectivity index (χ2n) is 5.69. The maximum Gasteiger partial charge on any atom is 0.105 e. The molecule has 0 spiro atoms. The number of para-hydroxylation sites is 1. The van der Waals surface area contributed by atoms with Gasteiger partial charge in [0.15, 0.2) is 0 Å². The summed E-state index contributed by atoms with van der Waals surface area (Å²) in [5, 5.41) is 2.99. The van der Waals surface area contributed by atoms with Crippen molar-refractivity contribution in [2.75, 3.05) is 26.4 Å². The zero-order valence-electron chi connectivity index (χ0n) is 13.3. The van der Waals surface area contributed by atoms with E-state index in [1.807, 2.05) is 18.2 Å². The molecular weight excluding hydrogens is 324 g/mol. The van der Waals surface area contributed by atoms with Gasteiger partial charge in [-0.05, 0) is 43.9 Å². The molecule has 0 N–H and O–H groups in total. The quantitative estimate of drug-likeness (QED) is 0.592. The highest BCUT2D eigenvalue weighted by Crippen LogP contribution is 2.33. The van der Waals surface area contributed by atoms with Crippen LogP contribution in [0.5, 0.6) is 0 Å². The summed E-state index contributed by atoms with van der Waals surface area (Å²) in [7, 11) is 4.18. The second-order valence-corrected chi connectivity index (χ2v) is 7.21. The third kappa shape index (κ3) is 4.05. The van der Waals surface area contributed by atoms with Gasteiger partial charge in [-0.3, -0.25) is 0 Å². The van der Waals surface area contributed by atoms with Crippen LogP contribution < -0.4 is 0 Å². The molecule has 118 valence electrons. The lowest BCUT2D eigenvalue weighted by Crippen LogP contribution is -2.14. The topological polar surface area (TPSA) is 16.1 Å². The Morgan fingerprint density at radius 3 is 2.52 bits per heavy atom. The molecule has 3 rings (SSSR count). The standard InChI is InChI=1S/C19H19ClN2S/c1-22(2)11-12-23-19-17(14-7-9-16(20)10-8-14)13-15-5-3-4-6-18(15)21-19/h3-10,13H,11-12H2,1-2H3. The summed E-state index contributed by atoms with van der Waals surface area (Å²) in [4.78, 5) is 7.07. The summed E-state index contributed by atoms with van der Waals surface area (Å²) >= 11 is 7.83. The fourth-order valence-electron chi connectivity index (χ4n) is 2.37. The minimum absolute atomic E-state index is 0.754. The van der Waals surface area contributed by atoms with Crippen LogP contribution in [0.15, 0.2) is 59.6 Å². The van der Waals surface area contributed by atoms with E-state index in [9.17, 15) is 0 Å². The monoisotopic (exact) mass is 342 g/mol. The van der Waals surface area contributed by atoms with Crippen LogP contribution in [0.25, 0.3) is 22.0 Å². The van der Waals surface area contributed by atoms with Crippen LogP contribution in [0.4, 0.5) is 0 Å². The van der Waals surface area contributed by atoms with Gasteiger partial charge >= 0.3 is 0 Å². The lowest BCUT2D eigenvalue weighted by atomic mass is 10.1. The number of nitrogens with zero attached hydrogens (tertiary/aromatic N) is 2. The molecule has 0 aliphatic heterocycles. The highest BCUT2D eigenvalue weighted by atomic mass is 35.5. The molecule has 4 heteroatoms. The van der Waals surface area contributed by atoms with Crippen LogP contribution in [0.1, 0.15) is 0 Å². The maximum atomic E-state index is 6.03. The van der Waals surface area contributed by atoms with Gasteiger partial charge < -0.3 is 4.90 Å². The Kier molecular flexibility index (Phi) is 5.21. The van der Waals surface area contributed by atoms with Crippen LogP contribution in [0.3, 0.4) is 0 Å². The van der Waals surface area contributed by atoms with Crippen molar-refractivity contribution in [2.24, 2.45) is 0 Å². The molecule has 0 radical (unpaired) electrons. The minimum Gasteiger partial charge on any atom is -0.309 e. The first-order valence-electron chi connectivity index (χ1n) is 7.57. The van der Waals surface area contributed by atoms with Crippen LogP contribution in [0, 0.1) is 0 Å². The molecule has 0 aliphatic rings. The van der Waals surface area contributed by atoms with Crippen LogP contribution in [-0.4, -0.2) is 36.3 Å². The van der Waals surface area contributed by atoms with Crippen LogP contribution >= 0.6 is 23.4 Å². The number of pyridine rings is 1. The van der Waals surface area contributed by atoms with Crippen molar-refractivity contribution in [3.63, 3.8) is 0 Å². The number of thioether (sulfide) groups is 1. The third-order valence-electron chi connectivity index (χ3n) is 3.62. The Bertz CT molecular complexity index is 800.